The summed E-state index contributed by atoms with van der Waals surface area (Å²) >= 11 is 1.83. The van der Waals surface area contributed by atoms with E-state index in [0.717, 1.165) is 39.1 Å². The van der Waals surface area contributed by atoms with E-state index in [1.807, 2.05) is 23.5 Å². The molecule has 0 aromatic carbocycles. The summed E-state index contributed by atoms with van der Waals surface area (Å²) in [6.07, 6.45) is 6.95. The number of thiophene rings is 1. The van der Waals surface area contributed by atoms with Crippen LogP contribution in [0, 0.1) is 5.41 Å². The van der Waals surface area contributed by atoms with Crippen molar-refractivity contribution in [3.8, 4) is 0 Å². The van der Waals surface area contributed by atoms with Crippen LogP contribution in [0.1, 0.15) is 34.5 Å². The van der Waals surface area contributed by atoms with Crippen LogP contribution in [0.5, 0.6) is 0 Å². The molecule has 0 saturated carbocycles. The Hall–Kier alpha value is -1.72. The molecule has 2 saturated heterocycles. The van der Waals surface area contributed by atoms with Gasteiger partial charge in [-0.05, 0) is 49.4 Å². The molecule has 24 heavy (non-hydrogen) atoms. The minimum atomic E-state index is 0.138. The molecule has 2 aliphatic heterocycles. The van der Waals surface area contributed by atoms with Gasteiger partial charge >= 0.3 is 0 Å². The summed E-state index contributed by atoms with van der Waals surface area (Å²) in [5, 5.41) is 2.15. The van der Waals surface area contributed by atoms with Crippen LogP contribution < -0.4 is 0 Å². The van der Waals surface area contributed by atoms with E-state index >= 15 is 0 Å². The Bertz CT molecular complexity index is 688. The Morgan fingerprint density at radius 1 is 1.21 bits per heavy atom. The maximum Gasteiger partial charge on any atom is 0.255 e. The molecule has 0 aliphatic carbocycles. The lowest BCUT2D eigenvalue weighted by Crippen LogP contribution is -2.47. The van der Waals surface area contributed by atoms with Gasteiger partial charge in [0.15, 0.2) is 0 Å². The van der Waals surface area contributed by atoms with Crippen LogP contribution in [0.25, 0.3) is 0 Å². The first-order valence-electron chi connectivity index (χ1n) is 8.68. The average molecular weight is 341 g/mol. The number of hydrogen-bond acceptors (Lipinski definition) is 4. The van der Waals surface area contributed by atoms with Crippen molar-refractivity contribution in [2.45, 2.75) is 25.8 Å². The zero-order chi connectivity index (χ0) is 16.4. The molecule has 0 bridgehead atoms. The van der Waals surface area contributed by atoms with Gasteiger partial charge in [-0.1, -0.05) is 6.07 Å². The van der Waals surface area contributed by atoms with Crippen LogP contribution in [-0.4, -0.2) is 46.9 Å². The number of carbonyl (C=O) groups is 1. The van der Waals surface area contributed by atoms with Crippen molar-refractivity contribution in [1.29, 1.82) is 0 Å². The van der Waals surface area contributed by atoms with E-state index in [1.54, 1.807) is 12.4 Å². The summed E-state index contributed by atoms with van der Waals surface area (Å²) < 4.78 is 0. The van der Waals surface area contributed by atoms with Crippen LogP contribution in [-0.2, 0) is 6.54 Å². The van der Waals surface area contributed by atoms with Crippen molar-refractivity contribution in [2.75, 3.05) is 26.2 Å². The Balaban J connectivity index is 1.42. The van der Waals surface area contributed by atoms with Gasteiger partial charge in [0, 0.05) is 48.9 Å². The third-order valence-corrected chi connectivity index (χ3v) is 6.20. The predicted molar refractivity (Wildman–Crippen MR) is 96.0 cm³/mol. The Morgan fingerprint density at radius 2 is 2.17 bits per heavy atom. The van der Waals surface area contributed by atoms with Crippen LogP contribution >= 0.6 is 11.3 Å². The van der Waals surface area contributed by atoms with Crippen molar-refractivity contribution in [3.05, 3.63) is 52.5 Å². The second-order valence-electron chi connectivity index (χ2n) is 7.11. The fraction of sp³-hybridized carbons (Fsp3) is 0.474. The van der Waals surface area contributed by atoms with Crippen LogP contribution in [0.2, 0.25) is 0 Å². The van der Waals surface area contributed by atoms with E-state index in [4.69, 9.17) is 0 Å². The number of amides is 1. The molecule has 5 heteroatoms. The quantitative estimate of drug-likeness (QED) is 0.860. The highest BCUT2D eigenvalue weighted by Gasteiger charge is 2.42. The normalized spacial score (nSPS) is 24.6. The van der Waals surface area contributed by atoms with Crippen molar-refractivity contribution < 1.29 is 4.79 Å². The zero-order valence-electron chi connectivity index (χ0n) is 13.9. The predicted octanol–water partition coefficient (Wildman–Crippen LogP) is 3.27. The third kappa shape index (κ3) is 3.23. The van der Waals surface area contributed by atoms with Gasteiger partial charge in [0.1, 0.15) is 0 Å². The number of carbonyl (C=O) groups excluding carboxylic acids is 1. The van der Waals surface area contributed by atoms with Crippen molar-refractivity contribution in [1.82, 2.24) is 14.8 Å². The van der Waals surface area contributed by atoms with E-state index in [1.165, 1.54) is 17.7 Å². The molecule has 1 unspecified atom stereocenters. The van der Waals surface area contributed by atoms with Crippen LogP contribution in [0.15, 0.2) is 42.0 Å². The average Bonchev–Trinajstić information content (AvgIpc) is 3.26. The second-order valence-corrected chi connectivity index (χ2v) is 8.14. The van der Waals surface area contributed by atoms with Gasteiger partial charge in [-0.25, -0.2) is 0 Å². The van der Waals surface area contributed by atoms with Gasteiger partial charge in [0.05, 0.1) is 5.56 Å². The molecule has 0 radical (unpaired) electrons. The summed E-state index contributed by atoms with van der Waals surface area (Å²) in [4.78, 5) is 22.9. The summed E-state index contributed by atoms with van der Waals surface area (Å²) in [6.45, 7) is 5.08. The molecule has 1 atom stereocenters. The van der Waals surface area contributed by atoms with Crippen molar-refractivity contribution in [3.63, 3.8) is 0 Å². The lowest BCUT2D eigenvalue weighted by atomic mass is 9.79. The van der Waals surface area contributed by atoms with E-state index < -0.39 is 0 Å². The van der Waals surface area contributed by atoms with Gasteiger partial charge < -0.3 is 4.90 Å². The molecule has 0 N–H and O–H groups in total. The largest absolute Gasteiger partial charge is 0.338 e. The molecule has 4 nitrogen and oxygen atoms in total. The molecule has 2 fully saturated rings. The van der Waals surface area contributed by atoms with Gasteiger partial charge in [-0.3, -0.25) is 14.7 Å². The number of aromatic nitrogens is 1. The molecule has 4 heterocycles. The van der Waals surface area contributed by atoms with Crippen LogP contribution in [0.4, 0.5) is 0 Å². The lowest BCUT2D eigenvalue weighted by molar-refractivity contribution is 0.0526. The van der Waals surface area contributed by atoms with E-state index in [0.29, 0.717) is 5.56 Å². The number of hydrogen-bond donors (Lipinski definition) is 0. The lowest BCUT2D eigenvalue weighted by Gasteiger charge is -2.40. The first-order chi connectivity index (χ1) is 11.7. The topological polar surface area (TPSA) is 36.4 Å². The van der Waals surface area contributed by atoms with E-state index in [2.05, 4.69) is 32.3 Å². The standard InChI is InChI=1S/C19H23N3OS/c23-18(16-4-1-8-20-12-16)22-9-3-6-19(15-22)7-10-21(14-19)13-17-5-2-11-24-17/h1-2,4-5,8,11-12H,3,6-7,9-10,13-15H2. The van der Waals surface area contributed by atoms with E-state index in [-0.39, 0.29) is 11.3 Å². The van der Waals surface area contributed by atoms with Crippen molar-refractivity contribution >= 4 is 17.2 Å². The molecule has 1 spiro atoms. The first kappa shape index (κ1) is 15.8. The highest BCUT2D eigenvalue weighted by atomic mass is 32.1. The monoisotopic (exact) mass is 341 g/mol. The summed E-state index contributed by atoms with van der Waals surface area (Å²) in [5.74, 6) is 0.138. The maximum absolute atomic E-state index is 12.8. The van der Waals surface area contributed by atoms with Gasteiger partial charge in [0.2, 0.25) is 0 Å². The molecule has 2 aromatic rings. The first-order valence-corrected chi connectivity index (χ1v) is 9.56. The molecule has 2 aliphatic rings. The number of pyridine rings is 1. The van der Waals surface area contributed by atoms with E-state index in [9.17, 15) is 4.79 Å². The second kappa shape index (κ2) is 6.65. The smallest absolute Gasteiger partial charge is 0.255 e. The van der Waals surface area contributed by atoms with Crippen molar-refractivity contribution in [2.24, 2.45) is 5.41 Å². The summed E-state index contributed by atoms with van der Waals surface area (Å²) in [6, 6.07) is 8.05. The highest BCUT2D eigenvalue weighted by Crippen LogP contribution is 2.40. The van der Waals surface area contributed by atoms with Gasteiger partial charge in [0.25, 0.3) is 5.91 Å². The highest BCUT2D eigenvalue weighted by molar-refractivity contribution is 7.09. The zero-order valence-corrected chi connectivity index (χ0v) is 14.7. The Morgan fingerprint density at radius 3 is 2.96 bits per heavy atom. The number of nitrogens with zero attached hydrogens (tertiary/aromatic N) is 3. The SMILES string of the molecule is O=C(c1cccnc1)N1CCCC2(CCN(Cc3cccs3)C2)C1. The summed E-state index contributed by atoms with van der Waals surface area (Å²) in [5.41, 5.74) is 0.996. The van der Waals surface area contributed by atoms with Gasteiger partial charge in [-0.15, -0.1) is 11.3 Å². The molecule has 2 aromatic heterocycles. The summed E-state index contributed by atoms with van der Waals surface area (Å²) in [7, 11) is 0. The maximum atomic E-state index is 12.8. The number of rotatable bonds is 3. The molecule has 4 rings (SSSR count). The molecular weight excluding hydrogens is 318 g/mol. The fourth-order valence-corrected chi connectivity index (χ4v) is 4.92. The molecule has 126 valence electrons. The fourth-order valence-electron chi connectivity index (χ4n) is 4.17. The minimum absolute atomic E-state index is 0.138. The minimum Gasteiger partial charge on any atom is -0.338 e. The Kier molecular flexibility index (Phi) is 4.37. The number of likely N-dealkylation sites (tertiary alicyclic amines) is 2. The van der Waals surface area contributed by atoms with Crippen LogP contribution in [0.3, 0.4) is 0 Å². The molecule has 1 amide bonds. The molecular formula is C19H23N3OS. The third-order valence-electron chi connectivity index (χ3n) is 5.33. The number of piperidine rings is 1. The van der Waals surface area contributed by atoms with Gasteiger partial charge in [-0.2, -0.15) is 0 Å². The Labute approximate surface area is 147 Å².